The number of benzene rings is 2. The molecule has 2 amide bonds. The lowest BCUT2D eigenvalue weighted by Gasteiger charge is -2.26. The van der Waals surface area contributed by atoms with Crippen molar-refractivity contribution in [1.29, 1.82) is 0 Å². The number of likely N-dealkylation sites (N-methyl/N-ethyl adjacent to an activating group) is 1. The van der Waals surface area contributed by atoms with Gasteiger partial charge in [0.15, 0.2) is 0 Å². The highest BCUT2D eigenvalue weighted by molar-refractivity contribution is 5.79. The van der Waals surface area contributed by atoms with Crippen molar-refractivity contribution in [1.82, 2.24) is 14.7 Å². The molecule has 0 aliphatic carbocycles. The lowest BCUT2D eigenvalue weighted by molar-refractivity contribution is -0.138. The minimum Gasteiger partial charge on any atom is -0.508 e. The zero-order valence-electron chi connectivity index (χ0n) is 19.7. The smallest absolute Gasteiger partial charge is 0.248 e. The fourth-order valence-electron chi connectivity index (χ4n) is 4.12. The highest BCUT2D eigenvalue weighted by Crippen LogP contribution is 2.16. The summed E-state index contributed by atoms with van der Waals surface area (Å²) in [6.07, 6.45) is 0.513. The number of amides is 2. The zero-order chi connectivity index (χ0) is 23.6. The van der Waals surface area contributed by atoms with Crippen molar-refractivity contribution in [3.63, 3.8) is 0 Å². The van der Waals surface area contributed by atoms with E-state index in [1.807, 2.05) is 49.1 Å². The maximum atomic E-state index is 13.1. The number of rotatable bonds is 10. The van der Waals surface area contributed by atoms with E-state index in [1.165, 1.54) is 5.56 Å². The number of aromatic hydroxyl groups is 1. The second kappa shape index (κ2) is 12.4. The average molecular weight is 454 g/mol. The molecule has 1 aliphatic heterocycles. The van der Waals surface area contributed by atoms with Crippen molar-refractivity contribution in [2.45, 2.75) is 32.9 Å². The number of phenolic OH excluding ortho intramolecular Hbond substituents is 1. The van der Waals surface area contributed by atoms with Crippen molar-refractivity contribution in [3.8, 4) is 5.75 Å². The predicted molar refractivity (Wildman–Crippen MR) is 128 cm³/mol. The van der Waals surface area contributed by atoms with Crippen LogP contribution in [0.5, 0.6) is 5.75 Å². The normalized spacial score (nSPS) is 17.1. The van der Waals surface area contributed by atoms with E-state index in [-0.39, 0.29) is 30.3 Å². The van der Waals surface area contributed by atoms with E-state index in [4.69, 9.17) is 4.74 Å². The van der Waals surface area contributed by atoms with E-state index in [2.05, 4.69) is 17.0 Å². The van der Waals surface area contributed by atoms with Crippen LogP contribution in [0.1, 0.15) is 25.0 Å². The fraction of sp³-hybridized carbons (Fsp3) is 0.462. The summed E-state index contributed by atoms with van der Waals surface area (Å²) in [5.41, 5.74) is 2.20. The first-order chi connectivity index (χ1) is 16.0. The molecule has 0 saturated carbocycles. The van der Waals surface area contributed by atoms with Crippen LogP contribution in [0.2, 0.25) is 0 Å². The van der Waals surface area contributed by atoms with Gasteiger partial charge < -0.3 is 19.6 Å². The van der Waals surface area contributed by atoms with Gasteiger partial charge in [0, 0.05) is 39.3 Å². The highest BCUT2D eigenvalue weighted by atomic mass is 16.5. The van der Waals surface area contributed by atoms with Crippen LogP contribution < -0.4 is 0 Å². The third-order valence-electron chi connectivity index (χ3n) is 6.01. The van der Waals surface area contributed by atoms with Gasteiger partial charge in [0.2, 0.25) is 11.8 Å². The van der Waals surface area contributed by atoms with E-state index in [9.17, 15) is 14.7 Å². The molecule has 1 saturated heterocycles. The molecule has 0 aromatic heterocycles. The molecule has 1 N–H and O–H groups in total. The Balaban J connectivity index is 1.68. The van der Waals surface area contributed by atoms with Gasteiger partial charge in [-0.15, -0.1) is 0 Å². The summed E-state index contributed by atoms with van der Waals surface area (Å²) in [4.78, 5) is 31.2. The summed E-state index contributed by atoms with van der Waals surface area (Å²) in [5, 5.41) is 9.56. The van der Waals surface area contributed by atoms with E-state index in [0.717, 1.165) is 12.0 Å². The molecule has 1 fully saturated rings. The minimum atomic E-state index is -0.260. The quantitative estimate of drug-likeness (QED) is 0.599. The maximum absolute atomic E-state index is 13.1. The number of carbonyl (C=O) groups is 2. The standard InChI is InChI=1S/C26H35N3O4/c1-3-28(4-2)26(32)20-33-24-17-27(16-22-10-12-23(30)13-11-22)19-25(31)29(18-24)15-14-21-8-6-5-7-9-21/h5-13,24,30H,3-4,14-20H2,1-2H3/t24-/m0/s1. The van der Waals surface area contributed by atoms with Crippen LogP contribution in [0.3, 0.4) is 0 Å². The Morgan fingerprint density at radius 2 is 1.73 bits per heavy atom. The van der Waals surface area contributed by atoms with E-state index >= 15 is 0 Å². The molecule has 2 aromatic rings. The molecular weight excluding hydrogens is 418 g/mol. The molecule has 2 aromatic carbocycles. The van der Waals surface area contributed by atoms with Gasteiger partial charge in [0.1, 0.15) is 12.4 Å². The molecule has 3 rings (SSSR count). The first kappa shape index (κ1) is 24.7. The summed E-state index contributed by atoms with van der Waals surface area (Å²) in [6.45, 7) is 7.72. The third kappa shape index (κ3) is 7.58. The molecule has 7 heteroatoms. The lowest BCUT2D eigenvalue weighted by atomic mass is 10.1. The lowest BCUT2D eigenvalue weighted by Crippen LogP contribution is -2.41. The van der Waals surface area contributed by atoms with E-state index < -0.39 is 0 Å². The molecule has 0 radical (unpaired) electrons. The van der Waals surface area contributed by atoms with Gasteiger partial charge in [-0.2, -0.15) is 0 Å². The van der Waals surface area contributed by atoms with Gasteiger partial charge in [-0.05, 0) is 43.5 Å². The van der Waals surface area contributed by atoms with E-state index in [0.29, 0.717) is 45.8 Å². The van der Waals surface area contributed by atoms with Crippen molar-refractivity contribution < 1.29 is 19.4 Å². The number of ether oxygens (including phenoxy) is 1. The number of phenols is 1. The first-order valence-electron chi connectivity index (χ1n) is 11.7. The Morgan fingerprint density at radius 1 is 1.03 bits per heavy atom. The minimum absolute atomic E-state index is 0.0140. The third-order valence-corrected chi connectivity index (χ3v) is 6.01. The predicted octanol–water partition coefficient (Wildman–Crippen LogP) is 2.53. The molecule has 1 atom stereocenters. The second-order valence-corrected chi connectivity index (χ2v) is 8.41. The molecule has 7 nitrogen and oxygen atoms in total. The number of hydrogen-bond acceptors (Lipinski definition) is 5. The SMILES string of the molecule is CCN(CC)C(=O)CO[C@H]1CN(Cc2ccc(O)cc2)CC(=O)N(CCc2ccccc2)C1. The number of hydrogen-bond donors (Lipinski definition) is 1. The number of carbonyl (C=O) groups excluding carboxylic acids is 2. The van der Waals surface area contributed by atoms with Gasteiger partial charge in [0.05, 0.1) is 12.6 Å². The van der Waals surface area contributed by atoms with Crippen molar-refractivity contribution in [2.24, 2.45) is 0 Å². The molecule has 178 valence electrons. The second-order valence-electron chi connectivity index (χ2n) is 8.41. The molecule has 0 bridgehead atoms. The van der Waals surface area contributed by atoms with Gasteiger partial charge in [-0.25, -0.2) is 0 Å². The van der Waals surface area contributed by atoms with Crippen LogP contribution in [0, 0.1) is 0 Å². The zero-order valence-corrected chi connectivity index (χ0v) is 19.7. The van der Waals surface area contributed by atoms with Gasteiger partial charge in [-0.1, -0.05) is 42.5 Å². The monoisotopic (exact) mass is 453 g/mol. The summed E-state index contributed by atoms with van der Waals surface area (Å²) in [5.74, 6) is 0.247. The van der Waals surface area contributed by atoms with Crippen molar-refractivity contribution in [3.05, 3.63) is 65.7 Å². The van der Waals surface area contributed by atoms with Gasteiger partial charge >= 0.3 is 0 Å². The summed E-state index contributed by atoms with van der Waals surface area (Å²) in [7, 11) is 0. The summed E-state index contributed by atoms with van der Waals surface area (Å²) >= 11 is 0. The van der Waals surface area contributed by atoms with Crippen LogP contribution in [0.25, 0.3) is 0 Å². The van der Waals surface area contributed by atoms with Crippen LogP contribution in [-0.2, 0) is 27.3 Å². The topological polar surface area (TPSA) is 73.3 Å². The first-order valence-corrected chi connectivity index (χ1v) is 11.7. The largest absolute Gasteiger partial charge is 0.508 e. The average Bonchev–Trinajstić information content (AvgIpc) is 2.97. The molecule has 1 heterocycles. The Bertz CT molecular complexity index is 884. The highest BCUT2D eigenvalue weighted by Gasteiger charge is 2.29. The molecular formula is C26H35N3O4. The van der Waals surface area contributed by atoms with Crippen molar-refractivity contribution >= 4 is 11.8 Å². The van der Waals surface area contributed by atoms with E-state index in [1.54, 1.807) is 17.0 Å². The number of nitrogens with zero attached hydrogens (tertiary/aromatic N) is 3. The van der Waals surface area contributed by atoms with Crippen LogP contribution in [0.4, 0.5) is 0 Å². The molecule has 33 heavy (non-hydrogen) atoms. The van der Waals surface area contributed by atoms with Crippen LogP contribution in [0.15, 0.2) is 54.6 Å². The summed E-state index contributed by atoms with van der Waals surface area (Å²) < 4.78 is 6.06. The molecule has 0 unspecified atom stereocenters. The molecule has 0 spiro atoms. The fourth-order valence-corrected chi connectivity index (χ4v) is 4.12. The Hall–Kier alpha value is -2.90. The molecule has 1 aliphatic rings. The maximum Gasteiger partial charge on any atom is 0.248 e. The van der Waals surface area contributed by atoms with Gasteiger partial charge in [-0.3, -0.25) is 14.5 Å². The summed E-state index contributed by atoms with van der Waals surface area (Å²) in [6, 6.07) is 17.1. The Labute approximate surface area is 196 Å². The van der Waals surface area contributed by atoms with Crippen LogP contribution in [-0.4, -0.2) is 83.6 Å². The van der Waals surface area contributed by atoms with Crippen LogP contribution >= 0.6 is 0 Å². The Kier molecular flexibility index (Phi) is 9.27. The van der Waals surface area contributed by atoms with Crippen molar-refractivity contribution in [2.75, 3.05) is 45.9 Å². The van der Waals surface area contributed by atoms with Gasteiger partial charge in [0.25, 0.3) is 0 Å². The Morgan fingerprint density at radius 3 is 2.39 bits per heavy atom.